The summed E-state index contributed by atoms with van der Waals surface area (Å²) in [5.41, 5.74) is 11.6. The highest BCUT2D eigenvalue weighted by molar-refractivity contribution is 6.36. The summed E-state index contributed by atoms with van der Waals surface area (Å²) in [5, 5.41) is 5.35. The lowest BCUT2D eigenvalue weighted by Gasteiger charge is -2.26. The summed E-state index contributed by atoms with van der Waals surface area (Å²) in [6, 6.07) is 25.4. The number of aryl methyl sites for hydroxylation is 1. The molecule has 4 aromatic carbocycles. The number of carbonyl (C=O) groups excluding carboxylic acids is 2. The lowest BCUT2D eigenvalue weighted by Crippen LogP contribution is -2.26. The summed E-state index contributed by atoms with van der Waals surface area (Å²) in [6.45, 7) is 0.134. The number of benzene rings is 4. The fourth-order valence-corrected chi connectivity index (χ4v) is 5.88. The molecule has 2 N–H and O–H groups in total. The molecule has 0 bridgehead atoms. The van der Waals surface area contributed by atoms with Gasteiger partial charge in [-0.25, -0.2) is 4.68 Å². The van der Waals surface area contributed by atoms with Crippen molar-refractivity contribution >= 4 is 46.4 Å². The van der Waals surface area contributed by atoms with Gasteiger partial charge in [0.2, 0.25) is 6.79 Å². The van der Waals surface area contributed by atoms with Gasteiger partial charge in [-0.15, -0.1) is 0 Å². The number of anilines is 2. The second kappa shape index (κ2) is 10.2. The van der Waals surface area contributed by atoms with Crippen LogP contribution in [0.4, 0.5) is 11.4 Å². The minimum absolute atomic E-state index is 0.134. The second-order valence-corrected chi connectivity index (χ2v) is 10.8. The number of nitrogens with zero attached hydrogens (tertiary/aromatic N) is 3. The molecule has 0 spiro atoms. The summed E-state index contributed by atoms with van der Waals surface area (Å²) in [6.07, 6.45) is 1.26. The Morgan fingerprint density at radius 1 is 0.857 bits per heavy atom. The SMILES string of the molecule is NC(=O)c1nn(-c2ccc3c(c2)OCO3)c2c1CCc1ccc(N(C(=O)c3cc(Cl)ccc3Cl)c3ccccc3)cc1-2. The first-order valence-electron chi connectivity index (χ1n) is 13.2. The zero-order valence-corrected chi connectivity index (χ0v) is 23.5. The van der Waals surface area contributed by atoms with Gasteiger partial charge in [-0.1, -0.05) is 47.5 Å². The maximum atomic E-state index is 14.1. The minimum atomic E-state index is -0.609. The number of aromatic nitrogens is 2. The summed E-state index contributed by atoms with van der Waals surface area (Å²) in [4.78, 5) is 28.2. The fourth-order valence-electron chi connectivity index (χ4n) is 5.51. The molecule has 7 rings (SSSR count). The van der Waals surface area contributed by atoms with E-state index in [0.717, 1.165) is 22.4 Å². The number of fused-ring (bicyclic) bond motifs is 4. The van der Waals surface area contributed by atoms with Crippen molar-refractivity contribution < 1.29 is 19.1 Å². The highest BCUT2D eigenvalue weighted by Gasteiger charge is 2.31. The summed E-state index contributed by atoms with van der Waals surface area (Å²) in [7, 11) is 0. The lowest BCUT2D eigenvalue weighted by atomic mass is 9.88. The predicted octanol–water partition coefficient (Wildman–Crippen LogP) is 6.75. The number of para-hydroxylation sites is 1. The molecule has 1 aliphatic heterocycles. The zero-order valence-electron chi connectivity index (χ0n) is 22.0. The molecule has 1 aromatic heterocycles. The second-order valence-electron chi connectivity index (χ2n) is 9.93. The Labute approximate surface area is 250 Å². The molecule has 5 aromatic rings. The van der Waals surface area contributed by atoms with Crippen molar-refractivity contribution in [1.82, 2.24) is 9.78 Å². The maximum absolute atomic E-state index is 14.1. The normalized spacial score (nSPS) is 12.9. The molecule has 0 atom stereocenters. The molecule has 2 amide bonds. The lowest BCUT2D eigenvalue weighted by molar-refractivity contribution is 0.0988. The average Bonchev–Trinajstić information content (AvgIpc) is 3.64. The Morgan fingerprint density at radius 3 is 2.48 bits per heavy atom. The Hall–Kier alpha value is -4.79. The molecule has 0 fully saturated rings. The van der Waals surface area contributed by atoms with Gasteiger partial charge in [0, 0.05) is 33.6 Å². The average molecular weight is 597 g/mol. The van der Waals surface area contributed by atoms with Gasteiger partial charge in [-0.3, -0.25) is 14.5 Å². The van der Waals surface area contributed by atoms with Gasteiger partial charge in [0.1, 0.15) is 0 Å². The fraction of sp³-hybridized carbons (Fsp3) is 0.0938. The van der Waals surface area contributed by atoms with Gasteiger partial charge in [0.15, 0.2) is 17.2 Å². The Bertz CT molecular complexity index is 1900. The van der Waals surface area contributed by atoms with E-state index in [0.29, 0.717) is 46.4 Å². The van der Waals surface area contributed by atoms with Crippen LogP contribution in [0.25, 0.3) is 16.9 Å². The van der Waals surface area contributed by atoms with E-state index in [9.17, 15) is 9.59 Å². The van der Waals surface area contributed by atoms with E-state index in [1.54, 1.807) is 33.8 Å². The maximum Gasteiger partial charge on any atom is 0.269 e. The summed E-state index contributed by atoms with van der Waals surface area (Å²) < 4.78 is 12.8. The number of rotatable bonds is 5. The van der Waals surface area contributed by atoms with Gasteiger partial charge in [0.05, 0.1) is 22.0 Å². The quantitative estimate of drug-likeness (QED) is 0.242. The molecule has 0 unspecified atom stereocenters. The number of carbonyl (C=O) groups is 2. The molecule has 1 aliphatic carbocycles. The van der Waals surface area contributed by atoms with Crippen LogP contribution in [-0.4, -0.2) is 28.4 Å². The van der Waals surface area contributed by atoms with Crippen molar-refractivity contribution in [2.45, 2.75) is 12.8 Å². The highest BCUT2D eigenvalue weighted by atomic mass is 35.5. The van der Waals surface area contributed by atoms with Crippen LogP contribution >= 0.6 is 23.2 Å². The third-order valence-electron chi connectivity index (χ3n) is 7.45. The predicted molar refractivity (Wildman–Crippen MR) is 160 cm³/mol. The number of hydrogen-bond acceptors (Lipinski definition) is 5. The van der Waals surface area contributed by atoms with E-state index in [-0.39, 0.29) is 29.0 Å². The third kappa shape index (κ3) is 4.36. The van der Waals surface area contributed by atoms with E-state index in [1.165, 1.54) is 0 Å². The zero-order chi connectivity index (χ0) is 29.0. The van der Waals surface area contributed by atoms with Crippen LogP contribution in [0.3, 0.4) is 0 Å². The van der Waals surface area contributed by atoms with Gasteiger partial charge in [-0.05, 0) is 73.0 Å². The van der Waals surface area contributed by atoms with Crippen LogP contribution in [0.2, 0.25) is 10.0 Å². The van der Waals surface area contributed by atoms with Crippen molar-refractivity contribution in [2.24, 2.45) is 5.73 Å². The van der Waals surface area contributed by atoms with E-state index < -0.39 is 5.91 Å². The topological polar surface area (TPSA) is 99.7 Å². The number of halogens is 2. The molecular weight excluding hydrogens is 575 g/mol. The van der Waals surface area contributed by atoms with Crippen molar-refractivity contribution in [2.75, 3.05) is 11.7 Å². The molecule has 0 saturated heterocycles. The van der Waals surface area contributed by atoms with Crippen LogP contribution in [0.5, 0.6) is 11.5 Å². The van der Waals surface area contributed by atoms with E-state index in [2.05, 4.69) is 5.10 Å². The summed E-state index contributed by atoms with van der Waals surface area (Å²) >= 11 is 12.7. The molecule has 2 heterocycles. The molecular formula is C32H22Cl2N4O4. The standard InChI is InChI=1S/C32H22Cl2N4O4/c33-19-8-12-26(34)25(14-19)32(40)37(20-4-2-1-3-5-20)21-9-6-18-7-11-23-29(31(35)39)36-38(30(23)24(18)15-21)22-10-13-27-28(16-22)42-17-41-27/h1-6,8-10,12-16H,7,11,17H2,(H2,35,39). The largest absolute Gasteiger partial charge is 0.454 e. The van der Waals surface area contributed by atoms with Crippen molar-refractivity contribution in [3.05, 3.63) is 117 Å². The van der Waals surface area contributed by atoms with Gasteiger partial charge in [-0.2, -0.15) is 5.10 Å². The first kappa shape index (κ1) is 26.1. The van der Waals surface area contributed by atoms with E-state index >= 15 is 0 Å². The minimum Gasteiger partial charge on any atom is -0.454 e. The molecule has 42 heavy (non-hydrogen) atoms. The first-order valence-corrected chi connectivity index (χ1v) is 13.9. The third-order valence-corrected chi connectivity index (χ3v) is 8.01. The van der Waals surface area contributed by atoms with Crippen LogP contribution in [0, 0.1) is 0 Å². The van der Waals surface area contributed by atoms with Crippen LogP contribution < -0.4 is 20.1 Å². The van der Waals surface area contributed by atoms with Gasteiger partial charge >= 0.3 is 0 Å². The highest BCUT2D eigenvalue weighted by Crippen LogP contribution is 2.42. The number of ether oxygens (including phenoxy) is 2. The molecule has 208 valence electrons. The van der Waals surface area contributed by atoms with Crippen LogP contribution in [0.15, 0.2) is 84.9 Å². The number of nitrogens with two attached hydrogens (primary N) is 1. The Morgan fingerprint density at radius 2 is 1.67 bits per heavy atom. The van der Waals surface area contributed by atoms with Gasteiger partial charge in [0.25, 0.3) is 11.8 Å². The van der Waals surface area contributed by atoms with Crippen molar-refractivity contribution in [3.63, 3.8) is 0 Å². The first-order chi connectivity index (χ1) is 20.4. The van der Waals surface area contributed by atoms with E-state index in [1.807, 2.05) is 60.7 Å². The number of amides is 2. The van der Waals surface area contributed by atoms with Crippen LogP contribution in [0.1, 0.15) is 32.0 Å². The van der Waals surface area contributed by atoms with E-state index in [4.69, 9.17) is 38.4 Å². The van der Waals surface area contributed by atoms with Crippen molar-refractivity contribution in [3.8, 4) is 28.4 Å². The smallest absolute Gasteiger partial charge is 0.269 e. The molecule has 10 heteroatoms. The summed E-state index contributed by atoms with van der Waals surface area (Å²) in [5.74, 6) is 0.268. The molecule has 2 aliphatic rings. The van der Waals surface area contributed by atoms with Crippen LogP contribution in [-0.2, 0) is 12.8 Å². The van der Waals surface area contributed by atoms with Crippen molar-refractivity contribution in [1.29, 1.82) is 0 Å². The Kier molecular flexibility index (Phi) is 6.37. The number of primary amides is 1. The number of hydrogen-bond donors (Lipinski definition) is 1. The molecule has 0 saturated carbocycles. The monoisotopic (exact) mass is 596 g/mol. The van der Waals surface area contributed by atoms with Gasteiger partial charge < -0.3 is 15.2 Å². The molecule has 0 radical (unpaired) electrons. The Balaban J connectivity index is 1.42. The molecule has 8 nitrogen and oxygen atoms in total.